The molecular weight excluding hydrogens is 364 g/mol. The van der Waals surface area contributed by atoms with Gasteiger partial charge in [-0.15, -0.1) is 10.2 Å². The van der Waals surface area contributed by atoms with Crippen molar-refractivity contribution in [2.75, 3.05) is 14.2 Å². The zero-order valence-corrected chi connectivity index (χ0v) is 15.1. The number of carboxylic acid groups (broad SMARTS) is 1. The summed E-state index contributed by atoms with van der Waals surface area (Å²) in [5.41, 5.74) is 2.36. The molecule has 4 rings (SSSR count). The number of aromatic amines is 1. The molecule has 0 aliphatic rings. The van der Waals surface area contributed by atoms with E-state index in [0.29, 0.717) is 45.2 Å². The fourth-order valence-corrected chi connectivity index (χ4v) is 3.08. The fourth-order valence-electron chi connectivity index (χ4n) is 3.08. The molecule has 0 aliphatic carbocycles. The van der Waals surface area contributed by atoms with Crippen molar-refractivity contribution in [3.63, 3.8) is 0 Å². The normalized spacial score (nSPS) is 10.9. The SMILES string of the molecule is COc1ccc(-c2oc3c(OC)cc(-c4nn[nH]n4)cc3c2CC(=O)O)cc1. The van der Waals surface area contributed by atoms with Crippen molar-refractivity contribution < 1.29 is 23.8 Å². The molecular formula is C19H16N4O5. The van der Waals surface area contributed by atoms with Gasteiger partial charge in [0.25, 0.3) is 0 Å². The molecule has 2 heterocycles. The van der Waals surface area contributed by atoms with Crippen molar-refractivity contribution in [3.05, 3.63) is 42.0 Å². The number of aromatic nitrogens is 4. The molecule has 0 atom stereocenters. The molecule has 0 fully saturated rings. The quantitative estimate of drug-likeness (QED) is 0.523. The highest BCUT2D eigenvalue weighted by Crippen LogP contribution is 2.41. The molecule has 0 unspecified atom stereocenters. The zero-order valence-electron chi connectivity index (χ0n) is 15.1. The maximum Gasteiger partial charge on any atom is 0.307 e. The van der Waals surface area contributed by atoms with Crippen molar-refractivity contribution in [1.29, 1.82) is 0 Å². The van der Waals surface area contributed by atoms with Crippen LogP contribution in [0, 0.1) is 0 Å². The summed E-state index contributed by atoms with van der Waals surface area (Å²) >= 11 is 0. The molecule has 28 heavy (non-hydrogen) atoms. The largest absolute Gasteiger partial charge is 0.497 e. The van der Waals surface area contributed by atoms with E-state index in [-0.39, 0.29) is 6.42 Å². The second-order valence-electron chi connectivity index (χ2n) is 6.00. The van der Waals surface area contributed by atoms with E-state index in [0.717, 1.165) is 5.56 Å². The number of benzene rings is 2. The first-order chi connectivity index (χ1) is 13.6. The van der Waals surface area contributed by atoms with Gasteiger partial charge in [-0.05, 0) is 41.6 Å². The number of tetrazole rings is 1. The van der Waals surface area contributed by atoms with Gasteiger partial charge in [0.05, 0.1) is 20.6 Å². The van der Waals surface area contributed by atoms with Gasteiger partial charge in [-0.25, -0.2) is 0 Å². The fraction of sp³-hybridized carbons (Fsp3) is 0.158. The number of hydrogen-bond acceptors (Lipinski definition) is 7. The minimum absolute atomic E-state index is 0.215. The van der Waals surface area contributed by atoms with Gasteiger partial charge in [-0.3, -0.25) is 4.79 Å². The van der Waals surface area contributed by atoms with Gasteiger partial charge >= 0.3 is 5.97 Å². The highest BCUT2D eigenvalue weighted by molar-refractivity contribution is 5.97. The lowest BCUT2D eigenvalue weighted by atomic mass is 10.0. The van der Waals surface area contributed by atoms with Crippen LogP contribution in [0.2, 0.25) is 0 Å². The Morgan fingerprint density at radius 2 is 1.93 bits per heavy atom. The first-order valence-electron chi connectivity index (χ1n) is 8.34. The lowest BCUT2D eigenvalue weighted by molar-refractivity contribution is -0.136. The van der Waals surface area contributed by atoms with E-state index in [9.17, 15) is 9.90 Å². The van der Waals surface area contributed by atoms with E-state index in [2.05, 4.69) is 20.6 Å². The molecule has 2 aromatic carbocycles. The summed E-state index contributed by atoms with van der Waals surface area (Å²) in [6, 6.07) is 10.7. The van der Waals surface area contributed by atoms with Crippen LogP contribution in [-0.2, 0) is 11.2 Å². The molecule has 0 radical (unpaired) electrons. The maximum atomic E-state index is 11.5. The third-order valence-corrected chi connectivity index (χ3v) is 4.36. The van der Waals surface area contributed by atoms with Gasteiger partial charge in [-0.1, -0.05) is 0 Å². The average molecular weight is 380 g/mol. The summed E-state index contributed by atoms with van der Waals surface area (Å²) in [5, 5.41) is 24.0. The Bertz CT molecular complexity index is 1130. The van der Waals surface area contributed by atoms with E-state index in [1.165, 1.54) is 7.11 Å². The summed E-state index contributed by atoms with van der Waals surface area (Å²) in [5.74, 6) is 0.999. The first-order valence-corrected chi connectivity index (χ1v) is 8.34. The topological polar surface area (TPSA) is 123 Å². The number of carboxylic acids is 1. The van der Waals surface area contributed by atoms with Crippen molar-refractivity contribution in [2.24, 2.45) is 0 Å². The number of nitrogens with zero attached hydrogens (tertiary/aromatic N) is 3. The van der Waals surface area contributed by atoms with E-state index >= 15 is 0 Å². The number of hydrogen-bond donors (Lipinski definition) is 2. The Morgan fingerprint density at radius 3 is 2.54 bits per heavy atom. The molecule has 2 aromatic heterocycles. The number of rotatable bonds is 6. The number of aliphatic carboxylic acids is 1. The lowest BCUT2D eigenvalue weighted by Crippen LogP contribution is -2.00. The Kier molecular flexibility index (Phi) is 4.40. The molecule has 0 saturated carbocycles. The molecule has 0 aliphatic heterocycles. The summed E-state index contributed by atoms with van der Waals surface area (Å²) in [6.07, 6.45) is -0.215. The molecule has 9 nitrogen and oxygen atoms in total. The van der Waals surface area contributed by atoms with Gasteiger partial charge in [0.2, 0.25) is 5.82 Å². The number of fused-ring (bicyclic) bond motifs is 1. The van der Waals surface area contributed by atoms with Crippen LogP contribution in [0.1, 0.15) is 5.56 Å². The number of nitrogens with one attached hydrogen (secondary N) is 1. The minimum Gasteiger partial charge on any atom is -0.497 e. The molecule has 0 saturated heterocycles. The molecule has 0 bridgehead atoms. The predicted molar refractivity (Wildman–Crippen MR) is 99.3 cm³/mol. The zero-order chi connectivity index (χ0) is 19.7. The predicted octanol–water partition coefficient (Wildman–Crippen LogP) is 2.92. The van der Waals surface area contributed by atoms with Gasteiger partial charge in [0.1, 0.15) is 11.5 Å². The van der Waals surface area contributed by atoms with Crippen LogP contribution < -0.4 is 9.47 Å². The van der Waals surface area contributed by atoms with Crippen LogP contribution in [0.3, 0.4) is 0 Å². The highest BCUT2D eigenvalue weighted by Gasteiger charge is 2.22. The van der Waals surface area contributed by atoms with Crippen LogP contribution in [0.15, 0.2) is 40.8 Å². The molecule has 4 aromatic rings. The van der Waals surface area contributed by atoms with Gasteiger partial charge in [-0.2, -0.15) is 5.21 Å². The van der Waals surface area contributed by atoms with Gasteiger partial charge in [0.15, 0.2) is 11.3 Å². The summed E-state index contributed by atoms with van der Waals surface area (Å²) in [6.45, 7) is 0. The van der Waals surface area contributed by atoms with Crippen molar-refractivity contribution in [2.45, 2.75) is 6.42 Å². The molecule has 0 spiro atoms. The minimum atomic E-state index is -0.971. The lowest BCUT2D eigenvalue weighted by Gasteiger charge is -2.04. The van der Waals surface area contributed by atoms with Gasteiger partial charge < -0.3 is 19.0 Å². The highest BCUT2D eigenvalue weighted by atomic mass is 16.5. The van der Waals surface area contributed by atoms with Crippen LogP contribution in [0.25, 0.3) is 33.7 Å². The number of H-pyrrole nitrogens is 1. The third kappa shape index (κ3) is 3.02. The molecule has 0 amide bonds. The number of methoxy groups -OCH3 is 2. The van der Waals surface area contributed by atoms with Crippen molar-refractivity contribution in [3.8, 4) is 34.2 Å². The van der Waals surface area contributed by atoms with Crippen molar-refractivity contribution in [1.82, 2.24) is 20.6 Å². The van der Waals surface area contributed by atoms with E-state index in [1.54, 1.807) is 31.4 Å². The summed E-state index contributed by atoms with van der Waals surface area (Å²) in [7, 11) is 3.09. The van der Waals surface area contributed by atoms with Crippen LogP contribution in [-0.4, -0.2) is 45.9 Å². The number of furan rings is 1. The second-order valence-corrected chi connectivity index (χ2v) is 6.00. The Balaban J connectivity index is 1.97. The Labute approximate surface area is 158 Å². The number of carbonyl (C=O) groups is 1. The van der Waals surface area contributed by atoms with Crippen LogP contribution in [0.5, 0.6) is 11.5 Å². The monoisotopic (exact) mass is 380 g/mol. The van der Waals surface area contributed by atoms with E-state index < -0.39 is 5.97 Å². The Morgan fingerprint density at radius 1 is 1.14 bits per heavy atom. The van der Waals surface area contributed by atoms with Gasteiger partial charge in [0, 0.05) is 22.1 Å². The van der Waals surface area contributed by atoms with Crippen LogP contribution >= 0.6 is 0 Å². The maximum absolute atomic E-state index is 11.5. The third-order valence-electron chi connectivity index (χ3n) is 4.36. The van der Waals surface area contributed by atoms with E-state index in [4.69, 9.17) is 13.9 Å². The molecule has 142 valence electrons. The average Bonchev–Trinajstić information content (AvgIpc) is 3.36. The second kappa shape index (κ2) is 7.03. The summed E-state index contributed by atoms with van der Waals surface area (Å²) < 4.78 is 16.7. The molecule has 2 N–H and O–H groups in total. The summed E-state index contributed by atoms with van der Waals surface area (Å²) in [4.78, 5) is 11.5. The van der Waals surface area contributed by atoms with Crippen molar-refractivity contribution >= 4 is 16.9 Å². The molecule has 9 heteroatoms. The van der Waals surface area contributed by atoms with Crippen LogP contribution in [0.4, 0.5) is 0 Å². The Hall–Kier alpha value is -3.88. The standard InChI is InChI=1S/C19H16N4O5/c1-26-12-5-3-10(4-6-12)17-14(9-16(24)25)13-7-11(19-20-22-23-21-19)8-15(27-2)18(13)28-17/h3-8H,9H2,1-2H3,(H,24,25)(H,20,21,22,23). The first kappa shape index (κ1) is 17.5. The van der Waals surface area contributed by atoms with E-state index in [1.807, 2.05) is 12.1 Å². The smallest absolute Gasteiger partial charge is 0.307 e. The number of ether oxygens (including phenoxy) is 2.